The van der Waals surface area contributed by atoms with E-state index >= 15 is 0 Å². The lowest BCUT2D eigenvalue weighted by molar-refractivity contribution is -0.128. The van der Waals surface area contributed by atoms with Gasteiger partial charge in [-0.05, 0) is 12.8 Å². The number of thioether (sulfide) groups is 2. The van der Waals surface area contributed by atoms with Crippen LogP contribution < -0.4 is 5.32 Å². The Bertz CT molecular complexity index is 580. The lowest BCUT2D eigenvalue weighted by Gasteiger charge is -2.32. The molecule has 4 unspecified atom stereocenters. The van der Waals surface area contributed by atoms with Crippen molar-refractivity contribution in [3.63, 3.8) is 0 Å². The Morgan fingerprint density at radius 2 is 2.14 bits per heavy atom. The Kier molecular flexibility index (Phi) is 4.08. The molecule has 0 radical (unpaired) electrons. The molecule has 1 saturated carbocycles. The predicted octanol–water partition coefficient (Wildman–Crippen LogP) is 1.99. The Morgan fingerprint density at radius 3 is 2.95 bits per heavy atom. The molecule has 4 rings (SSSR count). The average Bonchev–Trinajstić information content (AvgIpc) is 3.21. The number of nitrogens with zero attached hydrogens (tertiary/aromatic N) is 2. The van der Waals surface area contributed by atoms with Crippen LogP contribution in [-0.4, -0.2) is 55.9 Å². The fourth-order valence-corrected chi connectivity index (χ4v) is 7.47. The summed E-state index contributed by atoms with van der Waals surface area (Å²) in [6, 6.07) is -0.559. The summed E-state index contributed by atoms with van der Waals surface area (Å²) in [5.74, 6) is 2.25. The molecule has 2 saturated heterocycles. The van der Waals surface area contributed by atoms with Gasteiger partial charge in [0.05, 0.1) is 11.6 Å². The molecule has 3 amide bonds. The molecule has 0 aromatic carbocycles. The van der Waals surface area contributed by atoms with Gasteiger partial charge in [-0.15, -0.1) is 11.3 Å². The van der Waals surface area contributed by atoms with Gasteiger partial charge < -0.3 is 5.32 Å². The summed E-state index contributed by atoms with van der Waals surface area (Å²) in [5, 5.41) is 3.88. The number of carbonyl (C=O) groups is 2. The third-order valence-electron chi connectivity index (χ3n) is 4.49. The van der Waals surface area contributed by atoms with Crippen LogP contribution in [0.25, 0.3) is 0 Å². The van der Waals surface area contributed by atoms with Crippen molar-refractivity contribution in [2.45, 2.75) is 41.8 Å². The zero-order chi connectivity index (χ0) is 15.1. The maximum Gasteiger partial charge on any atom is 0.325 e. The first-order chi connectivity index (χ1) is 10.7. The number of imide groups is 1. The van der Waals surface area contributed by atoms with Crippen molar-refractivity contribution in [2.75, 3.05) is 11.5 Å². The summed E-state index contributed by atoms with van der Waals surface area (Å²) < 4.78 is 0. The molecule has 0 bridgehead atoms. The van der Waals surface area contributed by atoms with E-state index in [0.29, 0.717) is 16.9 Å². The smallest absolute Gasteiger partial charge is 0.325 e. The van der Waals surface area contributed by atoms with Crippen LogP contribution in [0.5, 0.6) is 0 Å². The van der Waals surface area contributed by atoms with Crippen molar-refractivity contribution >= 4 is 46.8 Å². The molecule has 8 heteroatoms. The molecular formula is C14H17N3O2S3. The lowest BCUT2D eigenvalue weighted by atomic mass is 10.1. The van der Waals surface area contributed by atoms with Crippen molar-refractivity contribution < 1.29 is 9.59 Å². The van der Waals surface area contributed by atoms with Crippen LogP contribution in [0.2, 0.25) is 0 Å². The quantitative estimate of drug-likeness (QED) is 0.840. The standard InChI is InChI=1S/C14H17N3O2S3/c18-13-9(5-8-6-15-7-22-8)16-14(19)17(13)10-1-2-11-12(10)21-4-3-20-11/h6-7,9-12H,1-5H2,(H,16,19). The summed E-state index contributed by atoms with van der Waals surface area (Å²) in [4.78, 5) is 31.7. The minimum Gasteiger partial charge on any atom is -0.325 e. The van der Waals surface area contributed by atoms with E-state index in [-0.39, 0.29) is 18.0 Å². The van der Waals surface area contributed by atoms with E-state index in [4.69, 9.17) is 0 Å². The normalized spacial score (nSPS) is 34.8. The minimum atomic E-state index is -0.423. The lowest BCUT2D eigenvalue weighted by Crippen LogP contribution is -2.46. The molecule has 2 aliphatic heterocycles. The monoisotopic (exact) mass is 355 g/mol. The van der Waals surface area contributed by atoms with E-state index in [1.807, 2.05) is 23.5 Å². The maximum atomic E-state index is 12.7. The van der Waals surface area contributed by atoms with Gasteiger partial charge in [-0.25, -0.2) is 4.79 Å². The highest BCUT2D eigenvalue weighted by atomic mass is 32.2. The van der Waals surface area contributed by atoms with E-state index in [2.05, 4.69) is 10.3 Å². The molecule has 118 valence electrons. The Balaban J connectivity index is 1.50. The number of carbonyl (C=O) groups excluding carboxylic acids is 2. The second kappa shape index (κ2) is 6.05. The van der Waals surface area contributed by atoms with Gasteiger partial charge in [0.1, 0.15) is 6.04 Å². The van der Waals surface area contributed by atoms with Crippen molar-refractivity contribution in [3.8, 4) is 0 Å². The first-order valence-electron chi connectivity index (χ1n) is 7.48. The van der Waals surface area contributed by atoms with Crippen LogP contribution in [0.3, 0.4) is 0 Å². The molecule has 3 aliphatic rings. The van der Waals surface area contributed by atoms with Gasteiger partial charge in [0, 0.05) is 39.5 Å². The first kappa shape index (κ1) is 14.8. The molecule has 0 spiro atoms. The van der Waals surface area contributed by atoms with E-state index in [0.717, 1.165) is 23.5 Å². The largest absolute Gasteiger partial charge is 0.325 e. The van der Waals surface area contributed by atoms with Gasteiger partial charge in [-0.2, -0.15) is 23.5 Å². The zero-order valence-corrected chi connectivity index (χ0v) is 14.4. The highest BCUT2D eigenvalue weighted by molar-refractivity contribution is 8.07. The van der Waals surface area contributed by atoms with Crippen LogP contribution in [0.4, 0.5) is 4.79 Å². The van der Waals surface area contributed by atoms with Crippen LogP contribution in [0.15, 0.2) is 11.7 Å². The highest BCUT2D eigenvalue weighted by Gasteiger charge is 2.49. The van der Waals surface area contributed by atoms with Gasteiger partial charge in [-0.1, -0.05) is 0 Å². The molecule has 5 nitrogen and oxygen atoms in total. The van der Waals surface area contributed by atoms with E-state index in [1.165, 1.54) is 22.0 Å². The van der Waals surface area contributed by atoms with Gasteiger partial charge in [0.15, 0.2) is 0 Å². The Labute approximate surface area is 141 Å². The molecular weight excluding hydrogens is 338 g/mol. The summed E-state index contributed by atoms with van der Waals surface area (Å²) >= 11 is 5.47. The number of rotatable bonds is 3. The van der Waals surface area contributed by atoms with Crippen LogP contribution in [0.1, 0.15) is 17.7 Å². The molecule has 3 heterocycles. The van der Waals surface area contributed by atoms with Crippen molar-refractivity contribution in [1.29, 1.82) is 0 Å². The van der Waals surface area contributed by atoms with Gasteiger partial charge >= 0.3 is 6.03 Å². The van der Waals surface area contributed by atoms with Gasteiger partial charge in [0.2, 0.25) is 0 Å². The summed E-state index contributed by atoms with van der Waals surface area (Å²) in [6.07, 6.45) is 4.38. The van der Waals surface area contributed by atoms with Gasteiger partial charge in [-0.3, -0.25) is 14.7 Å². The van der Waals surface area contributed by atoms with E-state index in [9.17, 15) is 9.59 Å². The zero-order valence-electron chi connectivity index (χ0n) is 11.9. The van der Waals surface area contributed by atoms with Crippen LogP contribution >= 0.6 is 34.9 Å². The highest BCUT2D eigenvalue weighted by Crippen LogP contribution is 2.44. The number of thiazole rings is 1. The third kappa shape index (κ3) is 2.55. The minimum absolute atomic E-state index is 0.0553. The molecule has 3 fully saturated rings. The van der Waals surface area contributed by atoms with Crippen molar-refractivity contribution in [1.82, 2.24) is 15.2 Å². The average molecular weight is 356 g/mol. The molecule has 4 atom stereocenters. The Morgan fingerprint density at radius 1 is 1.27 bits per heavy atom. The third-order valence-corrected chi connectivity index (χ3v) is 8.59. The molecule has 1 aliphatic carbocycles. The number of fused-ring (bicyclic) bond motifs is 1. The SMILES string of the molecule is O=C1NC(Cc2cncs2)C(=O)N1C1CCC2SCCSC21. The number of urea groups is 1. The number of hydrogen-bond acceptors (Lipinski definition) is 6. The Hall–Kier alpha value is -0.730. The maximum absolute atomic E-state index is 12.7. The van der Waals surface area contributed by atoms with Gasteiger partial charge in [0.25, 0.3) is 5.91 Å². The molecule has 1 aromatic rings. The topological polar surface area (TPSA) is 62.3 Å². The number of aromatic nitrogens is 1. The van der Waals surface area contributed by atoms with E-state index < -0.39 is 6.04 Å². The molecule has 1 N–H and O–H groups in total. The summed E-state index contributed by atoms with van der Waals surface area (Å²) in [7, 11) is 0. The second-order valence-electron chi connectivity index (χ2n) is 5.77. The fraction of sp³-hybridized carbons (Fsp3) is 0.643. The van der Waals surface area contributed by atoms with E-state index in [1.54, 1.807) is 11.7 Å². The van der Waals surface area contributed by atoms with Crippen LogP contribution in [0, 0.1) is 0 Å². The number of nitrogens with one attached hydrogen (secondary N) is 1. The number of amides is 3. The van der Waals surface area contributed by atoms with Crippen LogP contribution in [-0.2, 0) is 11.2 Å². The van der Waals surface area contributed by atoms with Crippen molar-refractivity contribution in [2.24, 2.45) is 0 Å². The molecule has 1 aromatic heterocycles. The van der Waals surface area contributed by atoms with Crippen molar-refractivity contribution in [3.05, 3.63) is 16.6 Å². The second-order valence-corrected chi connectivity index (χ2v) is 9.38. The first-order valence-corrected chi connectivity index (χ1v) is 10.5. The molecule has 22 heavy (non-hydrogen) atoms. The fourth-order valence-electron chi connectivity index (χ4n) is 3.51. The predicted molar refractivity (Wildman–Crippen MR) is 90.5 cm³/mol. The number of hydrogen-bond donors (Lipinski definition) is 1. The summed E-state index contributed by atoms with van der Waals surface area (Å²) in [5.41, 5.74) is 1.76. The summed E-state index contributed by atoms with van der Waals surface area (Å²) in [6.45, 7) is 0.